The molecule has 1 aromatic rings. The van der Waals surface area contributed by atoms with Gasteiger partial charge in [-0.2, -0.15) is 0 Å². The van der Waals surface area contributed by atoms with Crippen molar-refractivity contribution in [3.05, 3.63) is 24.4 Å². The molecule has 112 valence electrons. The number of hydrogen-bond acceptors (Lipinski definition) is 5. The van der Waals surface area contributed by atoms with Crippen LogP contribution in [0.15, 0.2) is 24.4 Å². The van der Waals surface area contributed by atoms with Gasteiger partial charge in [-0.3, -0.25) is 0 Å². The van der Waals surface area contributed by atoms with Crippen LogP contribution in [-0.2, 0) is 4.74 Å². The van der Waals surface area contributed by atoms with Gasteiger partial charge >= 0.3 is 0 Å². The zero-order chi connectivity index (χ0) is 14.0. The van der Waals surface area contributed by atoms with Crippen LogP contribution >= 0.6 is 0 Å². The van der Waals surface area contributed by atoms with Gasteiger partial charge in [0.1, 0.15) is 5.82 Å². The average Bonchev–Trinajstić information content (AvgIpc) is 2.52. The second-order valence-corrected chi connectivity index (χ2v) is 5.09. The number of aliphatic hydroxyl groups is 1. The van der Waals surface area contributed by atoms with Gasteiger partial charge in [-0.05, 0) is 37.9 Å². The zero-order valence-corrected chi connectivity index (χ0v) is 12.0. The Bertz CT molecular complexity index is 353. The predicted octanol–water partition coefficient (Wildman–Crippen LogP) is 1.04. The summed E-state index contributed by atoms with van der Waals surface area (Å²) in [6, 6.07) is 6.68. The Morgan fingerprint density at radius 2 is 2.15 bits per heavy atom. The minimum absolute atomic E-state index is 0.111. The molecule has 2 N–H and O–H groups in total. The van der Waals surface area contributed by atoms with Crippen LogP contribution in [-0.4, -0.2) is 55.6 Å². The van der Waals surface area contributed by atoms with Crippen LogP contribution in [0.3, 0.4) is 0 Å². The van der Waals surface area contributed by atoms with Gasteiger partial charge in [0.25, 0.3) is 0 Å². The fourth-order valence-corrected chi connectivity index (χ4v) is 2.50. The molecule has 0 aromatic carbocycles. The smallest absolute Gasteiger partial charge is 0.128 e. The van der Waals surface area contributed by atoms with Gasteiger partial charge in [-0.25, -0.2) is 4.98 Å². The molecule has 1 saturated heterocycles. The second-order valence-electron chi connectivity index (χ2n) is 5.09. The van der Waals surface area contributed by atoms with E-state index < -0.39 is 0 Å². The molecular formula is C15H25N3O2. The summed E-state index contributed by atoms with van der Waals surface area (Å²) in [6.45, 7) is 4.40. The van der Waals surface area contributed by atoms with E-state index in [0.717, 1.165) is 51.3 Å². The maximum Gasteiger partial charge on any atom is 0.128 e. The van der Waals surface area contributed by atoms with Crippen LogP contribution in [0.2, 0.25) is 0 Å². The summed E-state index contributed by atoms with van der Waals surface area (Å²) in [6.07, 6.45) is 5.18. The van der Waals surface area contributed by atoms with Gasteiger partial charge < -0.3 is 20.1 Å². The summed E-state index contributed by atoms with van der Waals surface area (Å²) in [4.78, 5) is 6.75. The largest absolute Gasteiger partial charge is 0.394 e. The van der Waals surface area contributed by atoms with Crippen LogP contribution < -0.4 is 10.2 Å². The van der Waals surface area contributed by atoms with Crippen LogP contribution in [0.4, 0.5) is 5.82 Å². The Balaban J connectivity index is 1.58. The highest BCUT2D eigenvalue weighted by Crippen LogP contribution is 2.17. The van der Waals surface area contributed by atoms with E-state index in [0.29, 0.717) is 12.6 Å². The third-order valence-corrected chi connectivity index (χ3v) is 3.60. The Labute approximate surface area is 121 Å². The van der Waals surface area contributed by atoms with Crippen LogP contribution in [0, 0.1) is 0 Å². The van der Waals surface area contributed by atoms with Crippen LogP contribution in [0.1, 0.15) is 19.3 Å². The molecule has 1 aliphatic heterocycles. The zero-order valence-electron chi connectivity index (χ0n) is 12.0. The number of aromatic nitrogens is 1. The lowest BCUT2D eigenvalue weighted by atomic mass is 10.0. The number of anilines is 1. The molecule has 0 aliphatic carbocycles. The lowest BCUT2D eigenvalue weighted by molar-refractivity contribution is 0.0902. The predicted molar refractivity (Wildman–Crippen MR) is 80.0 cm³/mol. The van der Waals surface area contributed by atoms with Gasteiger partial charge in [0, 0.05) is 31.9 Å². The number of piperidine rings is 1. The van der Waals surface area contributed by atoms with Crippen molar-refractivity contribution in [1.29, 1.82) is 0 Å². The van der Waals surface area contributed by atoms with Gasteiger partial charge in [0.15, 0.2) is 0 Å². The van der Waals surface area contributed by atoms with E-state index in [2.05, 4.69) is 21.3 Å². The van der Waals surface area contributed by atoms with Gasteiger partial charge in [-0.1, -0.05) is 6.07 Å². The first-order chi connectivity index (χ1) is 9.90. The summed E-state index contributed by atoms with van der Waals surface area (Å²) < 4.78 is 5.24. The summed E-state index contributed by atoms with van der Waals surface area (Å²) in [7, 11) is 0. The van der Waals surface area contributed by atoms with Crippen molar-refractivity contribution in [2.45, 2.75) is 25.3 Å². The number of hydrogen-bond donors (Lipinski definition) is 2. The third-order valence-electron chi connectivity index (χ3n) is 3.60. The van der Waals surface area contributed by atoms with E-state index in [-0.39, 0.29) is 6.61 Å². The molecule has 0 unspecified atom stereocenters. The van der Waals surface area contributed by atoms with Gasteiger partial charge in [-0.15, -0.1) is 0 Å². The minimum Gasteiger partial charge on any atom is -0.394 e. The Morgan fingerprint density at radius 1 is 1.30 bits per heavy atom. The fraction of sp³-hybridized carbons (Fsp3) is 0.667. The fourth-order valence-electron chi connectivity index (χ4n) is 2.50. The molecule has 5 heteroatoms. The van der Waals surface area contributed by atoms with E-state index in [1.807, 2.05) is 18.3 Å². The quantitative estimate of drug-likeness (QED) is 0.696. The van der Waals surface area contributed by atoms with Crippen molar-refractivity contribution < 1.29 is 9.84 Å². The van der Waals surface area contributed by atoms with E-state index in [1.165, 1.54) is 0 Å². The van der Waals surface area contributed by atoms with Crippen molar-refractivity contribution in [3.63, 3.8) is 0 Å². The molecule has 5 nitrogen and oxygen atoms in total. The summed E-state index contributed by atoms with van der Waals surface area (Å²) in [5.41, 5.74) is 0. The van der Waals surface area contributed by atoms with E-state index in [1.54, 1.807) is 0 Å². The molecule has 0 saturated carbocycles. The molecule has 1 aliphatic rings. The van der Waals surface area contributed by atoms with E-state index >= 15 is 0 Å². The lowest BCUT2D eigenvalue weighted by Crippen LogP contribution is -2.43. The van der Waals surface area contributed by atoms with Gasteiger partial charge in [0.05, 0.1) is 13.2 Å². The van der Waals surface area contributed by atoms with E-state index in [9.17, 15) is 0 Å². The van der Waals surface area contributed by atoms with Crippen molar-refractivity contribution in [2.24, 2.45) is 0 Å². The summed E-state index contributed by atoms with van der Waals surface area (Å²) in [5.74, 6) is 1.09. The van der Waals surface area contributed by atoms with Crippen molar-refractivity contribution in [2.75, 3.05) is 44.4 Å². The van der Waals surface area contributed by atoms with Crippen molar-refractivity contribution in [3.8, 4) is 0 Å². The molecule has 1 fully saturated rings. The summed E-state index contributed by atoms with van der Waals surface area (Å²) >= 11 is 0. The van der Waals surface area contributed by atoms with Crippen LogP contribution in [0.25, 0.3) is 0 Å². The molecule has 0 bridgehead atoms. The first-order valence-electron chi connectivity index (χ1n) is 7.48. The number of pyridine rings is 1. The second kappa shape index (κ2) is 8.89. The minimum atomic E-state index is 0.111. The number of aliphatic hydroxyl groups excluding tert-OH is 1. The standard InChI is InChI=1S/C15H25N3O2/c19-11-13-20-12-3-8-16-14-5-9-18(10-6-14)15-4-1-2-7-17-15/h1-2,4,7,14,16,19H,3,5-6,8-13H2. The third kappa shape index (κ3) is 5.07. The highest BCUT2D eigenvalue weighted by molar-refractivity contribution is 5.38. The maximum atomic E-state index is 8.60. The Kier molecular flexibility index (Phi) is 6.77. The average molecular weight is 279 g/mol. The lowest BCUT2D eigenvalue weighted by Gasteiger charge is -2.33. The molecule has 2 rings (SSSR count). The molecule has 0 radical (unpaired) electrons. The Morgan fingerprint density at radius 3 is 2.85 bits per heavy atom. The first kappa shape index (κ1) is 15.2. The number of rotatable bonds is 8. The number of nitrogens with one attached hydrogen (secondary N) is 1. The molecule has 1 aromatic heterocycles. The number of nitrogens with zero attached hydrogens (tertiary/aromatic N) is 2. The molecule has 0 amide bonds. The SMILES string of the molecule is OCCOCCCNC1CCN(c2ccccn2)CC1. The van der Waals surface area contributed by atoms with Crippen molar-refractivity contribution >= 4 is 5.82 Å². The van der Waals surface area contributed by atoms with E-state index in [4.69, 9.17) is 9.84 Å². The topological polar surface area (TPSA) is 57.6 Å². The normalized spacial score (nSPS) is 16.6. The van der Waals surface area contributed by atoms with Crippen molar-refractivity contribution in [1.82, 2.24) is 10.3 Å². The monoisotopic (exact) mass is 279 g/mol. The number of ether oxygens (including phenoxy) is 1. The molecule has 20 heavy (non-hydrogen) atoms. The first-order valence-corrected chi connectivity index (χ1v) is 7.48. The highest BCUT2D eigenvalue weighted by atomic mass is 16.5. The highest BCUT2D eigenvalue weighted by Gasteiger charge is 2.19. The molecule has 2 heterocycles. The van der Waals surface area contributed by atoms with Crippen LogP contribution in [0.5, 0.6) is 0 Å². The summed E-state index contributed by atoms with van der Waals surface area (Å²) in [5, 5.41) is 12.2. The Hall–Kier alpha value is -1.17. The molecular weight excluding hydrogens is 254 g/mol. The maximum absolute atomic E-state index is 8.60. The molecule has 0 atom stereocenters. The van der Waals surface area contributed by atoms with Gasteiger partial charge in [0.2, 0.25) is 0 Å². The molecule has 0 spiro atoms.